The van der Waals surface area contributed by atoms with Crippen LogP contribution in [0.1, 0.15) is 16.1 Å². The van der Waals surface area contributed by atoms with E-state index in [0.29, 0.717) is 5.56 Å². The average molecular weight is 328 g/mol. The highest BCUT2D eigenvalue weighted by Crippen LogP contribution is 2.24. The van der Waals surface area contributed by atoms with Crippen molar-refractivity contribution in [2.24, 2.45) is 0 Å². The van der Waals surface area contributed by atoms with Crippen molar-refractivity contribution in [3.05, 3.63) is 41.0 Å². The number of aromatic hydroxyl groups is 1. The van der Waals surface area contributed by atoms with Gasteiger partial charge in [-0.2, -0.15) is 4.31 Å². The number of nitrogens with zero attached hydrogens (tertiary/aromatic N) is 2. The van der Waals surface area contributed by atoms with Gasteiger partial charge in [0.25, 0.3) is 10.0 Å². The molecule has 0 spiro atoms. The number of phenols is 1. The largest absolute Gasteiger partial charge is 0.508 e. The van der Waals surface area contributed by atoms with Crippen LogP contribution in [0.3, 0.4) is 0 Å². The maximum Gasteiger partial charge on any atom is 0.356 e. The Bertz CT molecular complexity index is 752. The second-order valence-corrected chi connectivity index (χ2v) is 7.32. The van der Waals surface area contributed by atoms with E-state index in [9.17, 15) is 18.3 Å². The quantitative estimate of drug-likeness (QED) is 0.858. The molecule has 2 N–H and O–H groups in total. The van der Waals surface area contributed by atoms with Crippen LogP contribution in [0.25, 0.3) is 0 Å². The van der Waals surface area contributed by atoms with Crippen LogP contribution < -0.4 is 0 Å². The molecule has 0 aliphatic rings. The number of aromatic nitrogens is 1. The number of rotatable bonds is 5. The molecule has 1 heterocycles. The highest BCUT2D eigenvalue weighted by Gasteiger charge is 2.29. The Morgan fingerprint density at radius 1 is 1.33 bits per heavy atom. The molecule has 1 aromatic heterocycles. The fourth-order valence-electron chi connectivity index (χ4n) is 1.65. The van der Waals surface area contributed by atoms with Crippen molar-refractivity contribution in [1.29, 1.82) is 0 Å². The Hall–Kier alpha value is -1.97. The first-order valence-corrected chi connectivity index (χ1v) is 8.05. The van der Waals surface area contributed by atoms with Crippen LogP contribution in [-0.4, -0.2) is 40.9 Å². The lowest BCUT2D eigenvalue weighted by molar-refractivity contribution is 0.0687. The number of sulfonamides is 1. The molecule has 0 atom stereocenters. The predicted molar refractivity (Wildman–Crippen MR) is 75.8 cm³/mol. The van der Waals surface area contributed by atoms with Crippen molar-refractivity contribution >= 4 is 27.3 Å². The Labute approximate surface area is 125 Å². The first kappa shape index (κ1) is 15.4. The number of phenolic OH excluding ortho intramolecular Hbond substituents is 1. The minimum absolute atomic E-state index is 0.0551. The zero-order valence-electron chi connectivity index (χ0n) is 10.9. The Balaban J connectivity index is 2.28. The molecule has 9 heteroatoms. The second kappa shape index (κ2) is 5.80. The van der Waals surface area contributed by atoms with E-state index in [2.05, 4.69) is 4.98 Å². The zero-order valence-corrected chi connectivity index (χ0v) is 12.6. The van der Waals surface area contributed by atoms with E-state index < -0.39 is 21.7 Å². The van der Waals surface area contributed by atoms with Gasteiger partial charge in [0.15, 0.2) is 9.90 Å². The average Bonchev–Trinajstić information content (AvgIpc) is 2.91. The van der Waals surface area contributed by atoms with E-state index in [1.807, 2.05) is 0 Å². The summed E-state index contributed by atoms with van der Waals surface area (Å²) in [4.78, 5) is 14.5. The number of hydrogen-bond donors (Lipinski definition) is 2. The highest BCUT2D eigenvalue weighted by molar-refractivity contribution is 7.91. The summed E-state index contributed by atoms with van der Waals surface area (Å²) in [6, 6.07) is 6.08. The normalized spacial score (nSPS) is 11.7. The summed E-state index contributed by atoms with van der Waals surface area (Å²) in [6.07, 6.45) is 0. The molecule has 1 aromatic carbocycles. The molecule has 2 aromatic rings. The molecule has 7 nitrogen and oxygen atoms in total. The van der Waals surface area contributed by atoms with Gasteiger partial charge in [-0.15, -0.1) is 11.3 Å². The molecule has 0 fully saturated rings. The van der Waals surface area contributed by atoms with Gasteiger partial charge in [-0.3, -0.25) is 0 Å². The van der Waals surface area contributed by atoms with E-state index >= 15 is 0 Å². The van der Waals surface area contributed by atoms with Crippen LogP contribution >= 0.6 is 11.3 Å². The summed E-state index contributed by atoms with van der Waals surface area (Å²) in [7, 11) is -2.58. The first-order chi connectivity index (χ1) is 9.82. The minimum Gasteiger partial charge on any atom is -0.508 e. The number of benzene rings is 1. The number of carboxylic acid groups (broad SMARTS) is 1. The van der Waals surface area contributed by atoms with E-state index in [0.717, 1.165) is 15.6 Å². The number of carboxylic acids is 1. The first-order valence-electron chi connectivity index (χ1n) is 5.73. The van der Waals surface area contributed by atoms with Crippen molar-refractivity contribution in [2.75, 3.05) is 7.05 Å². The fraction of sp³-hybridized carbons (Fsp3) is 0.167. The molecule has 0 unspecified atom stereocenters. The number of hydrogen-bond acceptors (Lipinski definition) is 6. The van der Waals surface area contributed by atoms with Gasteiger partial charge in [-0.1, -0.05) is 12.1 Å². The smallest absolute Gasteiger partial charge is 0.356 e. The van der Waals surface area contributed by atoms with Crippen molar-refractivity contribution in [1.82, 2.24) is 9.29 Å². The van der Waals surface area contributed by atoms with Crippen LogP contribution in [0, 0.1) is 0 Å². The third kappa shape index (κ3) is 3.20. The standard InChI is InChI=1S/C12H12N2O5S2/c1-14(6-8-2-4-9(15)5-3-8)21(18,19)12-10(11(16)17)13-7-20-12/h2-5,7,15H,6H2,1H3,(H,16,17). The SMILES string of the molecule is CN(Cc1ccc(O)cc1)S(=O)(=O)c1scnc1C(=O)O. The molecule has 0 bridgehead atoms. The molecular weight excluding hydrogens is 316 g/mol. The second-order valence-electron chi connectivity index (χ2n) is 4.22. The molecule has 2 rings (SSSR count). The van der Waals surface area contributed by atoms with E-state index in [4.69, 9.17) is 5.11 Å². The lowest BCUT2D eigenvalue weighted by Crippen LogP contribution is -2.27. The van der Waals surface area contributed by atoms with Crippen LogP contribution in [0.5, 0.6) is 5.75 Å². The summed E-state index contributed by atoms with van der Waals surface area (Å²) >= 11 is 0.765. The Morgan fingerprint density at radius 3 is 2.52 bits per heavy atom. The fourth-order valence-corrected chi connectivity index (χ4v) is 4.14. The number of carbonyl (C=O) groups is 1. The van der Waals surface area contributed by atoms with Crippen LogP contribution in [0.15, 0.2) is 34.0 Å². The van der Waals surface area contributed by atoms with Crippen LogP contribution in [-0.2, 0) is 16.6 Å². The summed E-state index contributed by atoms with van der Waals surface area (Å²) < 4.78 is 25.5. The van der Waals surface area contributed by atoms with E-state index in [1.165, 1.54) is 24.7 Å². The van der Waals surface area contributed by atoms with Gasteiger partial charge in [-0.05, 0) is 17.7 Å². The molecule has 0 aliphatic heterocycles. The molecule has 21 heavy (non-hydrogen) atoms. The summed E-state index contributed by atoms with van der Waals surface area (Å²) in [5.41, 5.74) is 1.38. The zero-order chi connectivity index (χ0) is 15.6. The minimum atomic E-state index is -3.93. The molecule has 0 aliphatic carbocycles. The molecule has 112 valence electrons. The van der Waals surface area contributed by atoms with Crippen LogP contribution in [0.2, 0.25) is 0 Å². The highest BCUT2D eigenvalue weighted by atomic mass is 32.2. The topological polar surface area (TPSA) is 108 Å². The molecule has 0 radical (unpaired) electrons. The van der Waals surface area contributed by atoms with Crippen LogP contribution in [0.4, 0.5) is 0 Å². The molecular formula is C12H12N2O5S2. The summed E-state index contributed by atoms with van der Waals surface area (Å²) in [6.45, 7) is 0.0551. The van der Waals surface area contributed by atoms with Gasteiger partial charge in [-0.25, -0.2) is 18.2 Å². The number of aromatic carboxylic acids is 1. The van der Waals surface area contributed by atoms with Crippen molar-refractivity contribution in [3.63, 3.8) is 0 Å². The number of thiazole rings is 1. The van der Waals surface area contributed by atoms with Gasteiger partial charge in [0.2, 0.25) is 0 Å². The maximum absolute atomic E-state index is 12.4. The third-order valence-electron chi connectivity index (χ3n) is 2.72. The predicted octanol–water partition coefficient (Wildman–Crippen LogP) is 1.37. The monoisotopic (exact) mass is 328 g/mol. The van der Waals surface area contributed by atoms with E-state index in [1.54, 1.807) is 12.1 Å². The maximum atomic E-state index is 12.4. The molecule has 0 saturated carbocycles. The van der Waals surface area contributed by atoms with Gasteiger partial charge in [0, 0.05) is 13.6 Å². The van der Waals surface area contributed by atoms with Crippen molar-refractivity contribution in [2.45, 2.75) is 10.8 Å². The van der Waals surface area contributed by atoms with Gasteiger partial charge >= 0.3 is 5.97 Å². The van der Waals surface area contributed by atoms with E-state index in [-0.39, 0.29) is 16.5 Å². The molecule has 0 saturated heterocycles. The Morgan fingerprint density at radius 2 is 1.95 bits per heavy atom. The lowest BCUT2D eigenvalue weighted by Gasteiger charge is -2.16. The summed E-state index contributed by atoms with van der Waals surface area (Å²) in [5, 5.41) is 18.1. The van der Waals surface area contributed by atoms with Gasteiger partial charge in [0.1, 0.15) is 5.75 Å². The Kier molecular flexibility index (Phi) is 4.26. The van der Waals surface area contributed by atoms with Gasteiger partial charge < -0.3 is 10.2 Å². The summed E-state index contributed by atoms with van der Waals surface area (Å²) in [5.74, 6) is -1.30. The van der Waals surface area contributed by atoms with Crippen molar-refractivity contribution in [3.8, 4) is 5.75 Å². The third-order valence-corrected chi connectivity index (χ3v) is 5.87. The molecule has 0 amide bonds. The lowest BCUT2D eigenvalue weighted by atomic mass is 10.2. The van der Waals surface area contributed by atoms with Crippen molar-refractivity contribution < 1.29 is 23.4 Å². The van der Waals surface area contributed by atoms with Gasteiger partial charge in [0.05, 0.1) is 5.51 Å².